The van der Waals surface area contributed by atoms with Crippen LogP contribution in [0, 0.1) is 0 Å². The molecule has 2 N–H and O–H groups in total. The zero-order valence-corrected chi connectivity index (χ0v) is 9.99. The summed E-state index contributed by atoms with van der Waals surface area (Å²) in [4.78, 5) is 14.4. The zero-order chi connectivity index (χ0) is 13.1. The minimum absolute atomic E-state index is 0.0951. The van der Waals surface area contributed by atoms with Gasteiger partial charge in [0.15, 0.2) is 5.69 Å². The molecule has 0 bridgehead atoms. The van der Waals surface area contributed by atoms with E-state index in [1.165, 1.54) is 0 Å². The molecule has 18 heavy (non-hydrogen) atoms. The Morgan fingerprint density at radius 2 is 2.44 bits per heavy atom. The normalized spacial score (nSPS) is 12.3. The molecular formula is C10H13N5O3. The molecule has 1 atom stereocenters. The van der Waals surface area contributed by atoms with E-state index >= 15 is 0 Å². The van der Waals surface area contributed by atoms with E-state index in [0.717, 1.165) is 12.1 Å². The molecule has 0 spiro atoms. The van der Waals surface area contributed by atoms with E-state index in [4.69, 9.17) is 9.52 Å². The van der Waals surface area contributed by atoms with Crippen LogP contribution in [0.4, 0.5) is 6.01 Å². The smallest absolute Gasteiger partial charge is 0.357 e. The second-order valence-electron chi connectivity index (χ2n) is 3.93. The molecule has 0 fully saturated rings. The Labute approximate surface area is 103 Å². The van der Waals surface area contributed by atoms with Gasteiger partial charge in [0, 0.05) is 19.5 Å². The van der Waals surface area contributed by atoms with E-state index in [2.05, 4.69) is 20.5 Å². The largest absolute Gasteiger partial charge is 0.476 e. The van der Waals surface area contributed by atoms with Crippen LogP contribution in [0.15, 0.2) is 17.0 Å². The first kappa shape index (κ1) is 12.1. The van der Waals surface area contributed by atoms with Crippen LogP contribution in [0.1, 0.15) is 29.2 Å². The highest BCUT2D eigenvalue weighted by molar-refractivity contribution is 5.85. The van der Waals surface area contributed by atoms with Crippen molar-refractivity contribution in [2.45, 2.75) is 12.8 Å². The van der Waals surface area contributed by atoms with Crippen LogP contribution < -0.4 is 5.32 Å². The van der Waals surface area contributed by atoms with Crippen molar-refractivity contribution < 1.29 is 14.3 Å². The lowest BCUT2D eigenvalue weighted by atomic mass is 10.1. The Balaban J connectivity index is 1.95. The molecule has 0 saturated carbocycles. The van der Waals surface area contributed by atoms with Gasteiger partial charge in [0.1, 0.15) is 18.4 Å². The lowest BCUT2D eigenvalue weighted by molar-refractivity contribution is 0.0690. The van der Waals surface area contributed by atoms with Gasteiger partial charge in [-0.25, -0.2) is 4.79 Å². The fraction of sp³-hybridized carbons (Fsp3) is 0.400. The van der Waals surface area contributed by atoms with Gasteiger partial charge in [-0.15, -0.1) is 10.2 Å². The average molecular weight is 251 g/mol. The van der Waals surface area contributed by atoms with Crippen molar-refractivity contribution in [3.63, 3.8) is 0 Å². The summed E-state index contributed by atoms with van der Waals surface area (Å²) in [5, 5.41) is 19.4. The van der Waals surface area contributed by atoms with Crippen molar-refractivity contribution >= 4 is 12.0 Å². The van der Waals surface area contributed by atoms with Crippen LogP contribution in [0.2, 0.25) is 0 Å². The number of carbonyl (C=O) groups is 1. The molecule has 8 heteroatoms. The second-order valence-corrected chi connectivity index (χ2v) is 3.93. The number of carboxylic acids is 1. The van der Waals surface area contributed by atoms with Crippen molar-refractivity contribution in [1.29, 1.82) is 0 Å². The number of carboxylic acid groups (broad SMARTS) is 1. The number of rotatable bonds is 5. The topological polar surface area (TPSA) is 106 Å². The minimum Gasteiger partial charge on any atom is -0.476 e. The molecule has 0 aromatic carbocycles. The lowest BCUT2D eigenvalue weighted by Gasteiger charge is -2.10. The van der Waals surface area contributed by atoms with Gasteiger partial charge in [-0.3, -0.25) is 0 Å². The highest BCUT2D eigenvalue weighted by atomic mass is 16.4. The third-order valence-corrected chi connectivity index (χ3v) is 2.47. The third-order valence-electron chi connectivity index (χ3n) is 2.47. The van der Waals surface area contributed by atoms with Crippen molar-refractivity contribution in [2.75, 3.05) is 11.9 Å². The summed E-state index contributed by atoms with van der Waals surface area (Å²) in [5.41, 5.74) is -0.121. The molecule has 0 aliphatic carbocycles. The maximum absolute atomic E-state index is 10.6. The number of anilines is 1. The zero-order valence-electron chi connectivity index (χ0n) is 9.99. The Bertz CT molecular complexity index is 547. The number of hydrogen-bond donors (Lipinski definition) is 2. The quantitative estimate of drug-likeness (QED) is 0.806. The van der Waals surface area contributed by atoms with E-state index in [1.807, 2.05) is 18.5 Å². The van der Waals surface area contributed by atoms with Gasteiger partial charge in [0.2, 0.25) is 0 Å². The highest BCUT2D eigenvalue weighted by Gasteiger charge is 2.14. The molecule has 8 nitrogen and oxygen atoms in total. The first-order chi connectivity index (χ1) is 8.58. The third kappa shape index (κ3) is 2.47. The van der Waals surface area contributed by atoms with Crippen LogP contribution in [0.25, 0.3) is 0 Å². The van der Waals surface area contributed by atoms with Gasteiger partial charge in [-0.1, -0.05) is 6.92 Å². The molecule has 2 rings (SSSR count). The minimum atomic E-state index is -1.12. The van der Waals surface area contributed by atoms with Crippen molar-refractivity contribution in [3.05, 3.63) is 24.1 Å². The van der Waals surface area contributed by atoms with Crippen LogP contribution in [-0.2, 0) is 7.05 Å². The second kappa shape index (κ2) is 4.86. The van der Waals surface area contributed by atoms with E-state index < -0.39 is 5.97 Å². The van der Waals surface area contributed by atoms with E-state index in [-0.39, 0.29) is 17.6 Å². The number of aromatic carboxylic acids is 1. The summed E-state index contributed by atoms with van der Waals surface area (Å²) in [6, 6.07) is 0.182. The lowest BCUT2D eigenvalue weighted by Crippen LogP contribution is -2.14. The summed E-state index contributed by atoms with van der Waals surface area (Å²) >= 11 is 0. The number of aryl methyl sites for hydroxylation is 1. The molecule has 0 aliphatic heterocycles. The van der Waals surface area contributed by atoms with E-state index in [9.17, 15) is 4.79 Å². The standard InChI is InChI=1S/C10H13N5O3/c1-6(8-14-12-5-15(8)2)3-11-10-13-7(4-18-10)9(16)17/h4-6H,3H2,1-2H3,(H,11,13)(H,16,17). The Morgan fingerprint density at radius 3 is 3.00 bits per heavy atom. The number of aromatic nitrogens is 4. The Hall–Kier alpha value is -2.38. The summed E-state index contributed by atoms with van der Waals surface area (Å²) in [6.45, 7) is 2.49. The van der Waals surface area contributed by atoms with Gasteiger partial charge in [-0.2, -0.15) is 4.98 Å². The molecule has 0 radical (unpaired) electrons. The van der Waals surface area contributed by atoms with E-state index in [1.54, 1.807) is 6.33 Å². The molecule has 96 valence electrons. The van der Waals surface area contributed by atoms with Crippen LogP contribution in [0.3, 0.4) is 0 Å². The van der Waals surface area contributed by atoms with Gasteiger partial charge in [0.05, 0.1) is 0 Å². The van der Waals surface area contributed by atoms with Crippen molar-refractivity contribution in [3.8, 4) is 0 Å². The summed E-state index contributed by atoms with van der Waals surface area (Å²) in [7, 11) is 1.86. The predicted octanol–water partition coefficient (Wildman–Crippen LogP) is 0.717. The van der Waals surface area contributed by atoms with Crippen molar-refractivity contribution in [2.24, 2.45) is 7.05 Å². The van der Waals surface area contributed by atoms with Crippen LogP contribution >= 0.6 is 0 Å². The number of oxazole rings is 1. The number of hydrogen-bond acceptors (Lipinski definition) is 6. The molecule has 0 saturated heterocycles. The molecule has 2 heterocycles. The Kier molecular flexibility index (Phi) is 3.26. The Morgan fingerprint density at radius 1 is 1.67 bits per heavy atom. The van der Waals surface area contributed by atoms with Gasteiger partial charge in [-0.05, 0) is 0 Å². The molecule has 2 aromatic heterocycles. The van der Waals surface area contributed by atoms with E-state index in [0.29, 0.717) is 6.54 Å². The molecule has 0 amide bonds. The van der Waals surface area contributed by atoms with Crippen LogP contribution in [-0.4, -0.2) is 37.4 Å². The first-order valence-electron chi connectivity index (χ1n) is 5.34. The van der Waals surface area contributed by atoms with Gasteiger partial charge >= 0.3 is 5.97 Å². The molecule has 2 aromatic rings. The summed E-state index contributed by atoms with van der Waals surface area (Å²) in [5.74, 6) is -0.196. The monoisotopic (exact) mass is 251 g/mol. The molecule has 0 aliphatic rings. The van der Waals surface area contributed by atoms with Gasteiger partial charge < -0.3 is 19.4 Å². The summed E-state index contributed by atoms with van der Waals surface area (Å²) < 4.78 is 6.80. The SMILES string of the molecule is CC(CNc1nc(C(=O)O)co1)c1nncn1C. The van der Waals surface area contributed by atoms with Crippen molar-refractivity contribution in [1.82, 2.24) is 19.7 Å². The predicted molar refractivity (Wildman–Crippen MR) is 61.4 cm³/mol. The first-order valence-corrected chi connectivity index (χ1v) is 5.34. The fourth-order valence-corrected chi connectivity index (χ4v) is 1.52. The fourth-order valence-electron chi connectivity index (χ4n) is 1.52. The maximum Gasteiger partial charge on any atom is 0.357 e. The maximum atomic E-state index is 10.6. The average Bonchev–Trinajstić information content (AvgIpc) is 2.94. The number of nitrogens with one attached hydrogen (secondary N) is 1. The highest BCUT2D eigenvalue weighted by Crippen LogP contribution is 2.13. The van der Waals surface area contributed by atoms with Gasteiger partial charge in [0.25, 0.3) is 6.01 Å². The molecular weight excluding hydrogens is 238 g/mol. The number of nitrogens with zero attached hydrogens (tertiary/aromatic N) is 4. The van der Waals surface area contributed by atoms with Crippen LogP contribution in [0.5, 0.6) is 0 Å². The summed E-state index contributed by atoms with van der Waals surface area (Å²) in [6.07, 6.45) is 2.72. The molecule has 1 unspecified atom stereocenters.